The smallest absolute Gasteiger partial charge is 0.243 e. The first-order valence-corrected chi connectivity index (χ1v) is 8.53. The zero-order valence-electron chi connectivity index (χ0n) is 12.2. The molecule has 1 aliphatic heterocycles. The van der Waals surface area contributed by atoms with Crippen LogP contribution in [0.4, 0.5) is 4.39 Å². The van der Waals surface area contributed by atoms with Crippen LogP contribution in [-0.4, -0.2) is 38.3 Å². The van der Waals surface area contributed by atoms with Gasteiger partial charge in [-0.1, -0.05) is 6.08 Å². The molecule has 7 heteroatoms. The van der Waals surface area contributed by atoms with Gasteiger partial charge in [-0.3, -0.25) is 4.79 Å². The Morgan fingerprint density at radius 1 is 1.32 bits per heavy atom. The average molecular weight is 326 g/mol. The summed E-state index contributed by atoms with van der Waals surface area (Å²) in [7, 11) is -3.63. The second-order valence-electron chi connectivity index (χ2n) is 5.17. The number of hydrogen-bond donors (Lipinski definition) is 1. The van der Waals surface area contributed by atoms with E-state index in [2.05, 4.69) is 11.9 Å². The molecule has 1 N–H and O–H groups in total. The predicted molar refractivity (Wildman–Crippen MR) is 81.1 cm³/mol. The van der Waals surface area contributed by atoms with E-state index in [1.165, 1.54) is 16.4 Å². The lowest BCUT2D eigenvalue weighted by molar-refractivity contribution is -0.125. The van der Waals surface area contributed by atoms with Gasteiger partial charge in [0.25, 0.3) is 0 Å². The predicted octanol–water partition coefficient (Wildman–Crippen LogP) is 1.53. The highest BCUT2D eigenvalue weighted by Gasteiger charge is 2.31. The number of sulfonamides is 1. The van der Waals surface area contributed by atoms with Crippen molar-refractivity contribution in [2.75, 3.05) is 19.6 Å². The summed E-state index contributed by atoms with van der Waals surface area (Å²) in [5.41, 5.74) is 0. The monoisotopic (exact) mass is 326 g/mol. The van der Waals surface area contributed by atoms with Gasteiger partial charge >= 0.3 is 0 Å². The molecular formula is C15H19FN2O3S. The molecule has 0 spiro atoms. The minimum absolute atomic E-state index is 0.0706. The molecule has 0 bridgehead atoms. The van der Waals surface area contributed by atoms with E-state index in [0.29, 0.717) is 19.4 Å². The number of piperidine rings is 1. The van der Waals surface area contributed by atoms with Crippen molar-refractivity contribution in [1.29, 1.82) is 0 Å². The fourth-order valence-electron chi connectivity index (χ4n) is 2.43. The van der Waals surface area contributed by atoms with Crippen LogP contribution in [0.1, 0.15) is 12.8 Å². The van der Waals surface area contributed by atoms with E-state index in [4.69, 9.17) is 0 Å². The lowest BCUT2D eigenvalue weighted by atomic mass is 9.97. The summed E-state index contributed by atoms with van der Waals surface area (Å²) in [5.74, 6) is -0.727. The first-order valence-electron chi connectivity index (χ1n) is 7.09. The Balaban J connectivity index is 2.00. The fourth-order valence-corrected chi connectivity index (χ4v) is 3.90. The van der Waals surface area contributed by atoms with Gasteiger partial charge in [0.15, 0.2) is 0 Å². The zero-order valence-corrected chi connectivity index (χ0v) is 13.0. The molecule has 1 fully saturated rings. The number of benzene rings is 1. The Morgan fingerprint density at radius 2 is 1.91 bits per heavy atom. The molecule has 5 nitrogen and oxygen atoms in total. The maximum Gasteiger partial charge on any atom is 0.243 e. The van der Waals surface area contributed by atoms with Crippen LogP contribution in [0, 0.1) is 11.7 Å². The number of carbonyl (C=O) groups excluding carboxylic acids is 1. The third-order valence-electron chi connectivity index (χ3n) is 3.70. The van der Waals surface area contributed by atoms with Crippen molar-refractivity contribution >= 4 is 15.9 Å². The standard InChI is InChI=1S/C15H19FN2O3S/c1-2-9-17-15(19)12-7-10-18(11-8-12)22(20,21)14-5-3-13(16)4-6-14/h2-6,12H,1,7-11H2,(H,17,19). The number of nitrogens with zero attached hydrogens (tertiary/aromatic N) is 1. The first kappa shape index (κ1) is 16.6. The van der Waals surface area contributed by atoms with Crippen LogP contribution in [0.5, 0.6) is 0 Å². The summed E-state index contributed by atoms with van der Waals surface area (Å²) >= 11 is 0. The zero-order chi connectivity index (χ0) is 16.2. The third-order valence-corrected chi connectivity index (χ3v) is 5.61. The van der Waals surface area contributed by atoms with Crippen LogP contribution in [0.15, 0.2) is 41.8 Å². The van der Waals surface area contributed by atoms with E-state index in [1.54, 1.807) is 6.08 Å². The quantitative estimate of drug-likeness (QED) is 0.835. The van der Waals surface area contributed by atoms with Crippen molar-refractivity contribution < 1.29 is 17.6 Å². The van der Waals surface area contributed by atoms with Crippen LogP contribution < -0.4 is 5.32 Å². The molecule has 1 aromatic carbocycles. The van der Waals surface area contributed by atoms with Gasteiger partial charge in [0.1, 0.15) is 5.82 Å². The Hall–Kier alpha value is -1.73. The molecule has 0 saturated carbocycles. The SMILES string of the molecule is C=CCNC(=O)C1CCN(S(=O)(=O)c2ccc(F)cc2)CC1. The molecule has 120 valence electrons. The minimum atomic E-state index is -3.63. The molecule has 1 aliphatic rings. The normalized spacial score (nSPS) is 17.1. The van der Waals surface area contributed by atoms with Crippen molar-refractivity contribution in [3.63, 3.8) is 0 Å². The van der Waals surface area contributed by atoms with Crippen molar-refractivity contribution in [3.05, 3.63) is 42.7 Å². The Morgan fingerprint density at radius 3 is 2.45 bits per heavy atom. The molecule has 1 amide bonds. The molecule has 0 unspecified atom stereocenters. The highest BCUT2D eigenvalue weighted by Crippen LogP contribution is 2.24. The van der Waals surface area contributed by atoms with Gasteiger partial charge in [0, 0.05) is 25.6 Å². The van der Waals surface area contributed by atoms with Crippen LogP contribution in [-0.2, 0) is 14.8 Å². The van der Waals surface area contributed by atoms with E-state index < -0.39 is 15.8 Å². The number of carbonyl (C=O) groups is 1. The summed E-state index contributed by atoms with van der Waals surface area (Å²) in [6, 6.07) is 4.77. The topological polar surface area (TPSA) is 66.5 Å². The van der Waals surface area contributed by atoms with Gasteiger partial charge in [-0.25, -0.2) is 12.8 Å². The minimum Gasteiger partial charge on any atom is -0.352 e. The lowest BCUT2D eigenvalue weighted by Gasteiger charge is -2.30. The van der Waals surface area contributed by atoms with Crippen molar-refractivity contribution in [1.82, 2.24) is 9.62 Å². The van der Waals surface area contributed by atoms with Crippen molar-refractivity contribution in [2.24, 2.45) is 5.92 Å². The number of hydrogen-bond acceptors (Lipinski definition) is 3. The average Bonchev–Trinajstić information content (AvgIpc) is 2.53. The molecule has 1 saturated heterocycles. The molecule has 22 heavy (non-hydrogen) atoms. The lowest BCUT2D eigenvalue weighted by Crippen LogP contribution is -2.43. The maximum absolute atomic E-state index is 12.9. The van der Waals surface area contributed by atoms with Gasteiger partial charge in [0.2, 0.25) is 15.9 Å². The summed E-state index contributed by atoms with van der Waals surface area (Å²) in [4.78, 5) is 11.9. The van der Waals surface area contributed by atoms with Crippen LogP contribution >= 0.6 is 0 Å². The van der Waals surface area contributed by atoms with E-state index in [0.717, 1.165) is 12.1 Å². The van der Waals surface area contributed by atoms with Gasteiger partial charge in [-0.2, -0.15) is 4.31 Å². The number of halogens is 1. The van der Waals surface area contributed by atoms with E-state index in [1.807, 2.05) is 0 Å². The number of nitrogens with one attached hydrogen (secondary N) is 1. The second kappa shape index (κ2) is 7.02. The van der Waals surface area contributed by atoms with Gasteiger partial charge in [-0.15, -0.1) is 6.58 Å². The highest BCUT2D eigenvalue weighted by atomic mass is 32.2. The summed E-state index contributed by atoms with van der Waals surface area (Å²) < 4.78 is 39.1. The van der Waals surface area contributed by atoms with Crippen LogP contribution in [0.2, 0.25) is 0 Å². The van der Waals surface area contributed by atoms with Crippen molar-refractivity contribution in [2.45, 2.75) is 17.7 Å². The third kappa shape index (κ3) is 3.72. The Labute approximate surface area is 129 Å². The molecule has 0 atom stereocenters. The number of rotatable bonds is 5. The summed E-state index contributed by atoms with van der Waals surface area (Å²) in [6.45, 7) is 4.51. The molecular weight excluding hydrogens is 307 g/mol. The van der Waals surface area contributed by atoms with E-state index >= 15 is 0 Å². The molecule has 0 radical (unpaired) electrons. The molecule has 1 aromatic rings. The van der Waals surface area contributed by atoms with Gasteiger partial charge in [-0.05, 0) is 37.1 Å². The fraction of sp³-hybridized carbons (Fsp3) is 0.400. The second-order valence-corrected chi connectivity index (χ2v) is 7.10. The summed E-state index contributed by atoms with van der Waals surface area (Å²) in [6.07, 6.45) is 2.55. The van der Waals surface area contributed by atoms with E-state index in [-0.39, 0.29) is 29.8 Å². The molecule has 1 heterocycles. The highest BCUT2D eigenvalue weighted by molar-refractivity contribution is 7.89. The molecule has 0 aromatic heterocycles. The largest absolute Gasteiger partial charge is 0.352 e. The Bertz CT molecular complexity index is 635. The van der Waals surface area contributed by atoms with Crippen LogP contribution in [0.25, 0.3) is 0 Å². The summed E-state index contributed by atoms with van der Waals surface area (Å²) in [5, 5.41) is 2.73. The Kier molecular flexibility index (Phi) is 5.31. The number of amides is 1. The first-order chi connectivity index (χ1) is 10.4. The maximum atomic E-state index is 12.9. The van der Waals surface area contributed by atoms with Gasteiger partial charge < -0.3 is 5.32 Å². The van der Waals surface area contributed by atoms with E-state index in [9.17, 15) is 17.6 Å². The van der Waals surface area contributed by atoms with Crippen LogP contribution in [0.3, 0.4) is 0 Å². The molecule has 2 rings (SSSR count). The van der Waals surface area contributed by atoms with Gasteiger partial charge in [0.05, 0.1) is 4.90 Å². The van der Waals surface area contributed by atoms with Crippen molar-refractivity contribution in [3.8, 4) is 0 Å². The molecule has 0 aliphatic carbocycles.